The summed E-state index contributed by atoms with van der Waals surface area (Å²) in [7, 11) is 1.72. The van der Waals surface area contributed by atoms with Crippen molar-refractivity contribution in [2.45, 2.75) is 32.7 Å². The van der Waals surface area contributed by atoms with Crippen molar-refractivity contribution in [3.8, 4) is 5.75 Å². The highest BCUT2D eigenvalue weighted by atomic mass is 32.1. The van der Waals surface area contributed by atoms with Crippen molar-refractivity contribution >= 4 is 11.3 Å². The van der Waals surface area contributed by atoms with Crippen LogP contribution < -0.4 is 10.1 Å². The lowest BCUT2D eigenvalue weighted by molar-refractivity contribution is 0.414. The van der Waals surface area contributed by atoms with Crippen molar-refractivity contribution in [3.63, 3.8) is 0 Å². The Hall–Kier alpha value is -1.32. The van der Waals surface area contributed by atoms with Gasteiger partial charge in [-0.3, -0.25) is 0 Å². The smallest absolute Gasteiger partial charge is 0.119 e. The number of aryl methyl sites for hydroxylation is 1. The Kier molecular flexibility index (Phi) is 5.62. The van der Waals surface area contributed by atoms with Crippen molar-refractivity contribution < 1.29 is 4.74 Å². The number of hydrogen-bond donors (Lipinski definition) is 1. The van der Waals surface area contributed by atoms with E-state index in [0.29, 0.717) is 6.04 Å². The van der Waals surface area contributed by atoms with Gasteiger partial charge >= 0.3 is 0 Å². The lowest BCUT2D eigenvalue weighted by Gasteiger charge is -2.18. The number of rotatable bonds is 7. The highest BCUT2D eigenvalue weighted by Gasteiger charge is 2.16. The molecule has 0 bridgehead atoms. The molecule has 2 aromatic rings. The number of nitrogens with one attached hydrogen (secondary N) is 1. The molecule has 0 saturated heterocycles. The van der Waals surface area contributed by atoms with Crippen LogP contribution in [0.1, 0.15) is 35.9 Å². The molecular weight excluding hydrogens is 266 g/mol. The number of hydrogen-bond acceptors (Lipinski definition) is 3. The zero-order valence-corrected chi connectivity index (χ0v) is 13.3. The molecule has 108 valence electrons. The van der Waals surface area contributed by atoms with Gasteiger partial charge in [0, 0.05) is 10.9 Å². The van der Waals surface area contributed by atoms with E-state index in [9.17, 15) is 0 Å². The summed E-state index contributed by atoms with van der Waals surface area (Å²) in [5, 5.41) is 5.81. The monoisotopic (exact) mass is 289 g/mol. The molecular formula is C17H23NOS. The molecule has 0 saturated carbocycles. The molecule has 0 aliphatic heterocycles. The molecule has 0 amide bonds. The lowest BCUT2D eigenvalue weighted by atomic mass is 10.0. The average molecular weight is 289 g/mol. The third-order valence-corrected chi connectivity index (χ3v) is 4.58. The normalized spacial score (nSPS) is 12.3. The molecule has 1 heterocycles. The molecule has 0 aliphatic carbocycles. The Balaban J connectivity index is 2.20. The van der Waals surface area contributed by atoms with Crippen LogP contribution in [0.4, 0.5) is 0 Å². The Morgan fingerprint density at radius 3 is 2.80 bits per heavy atom. The maximum atomic E-state index is 5.31. The van der Waals surface area contributed by atoms with E-state index in [1.165, 1.54) is 16.0 Å². The first-order chi connectivity index (χ1) is 9.78. The van der Waals surface area contributed by atoms with Crippen LogP contribution in [0.3, 0.4) is 0 Å². The quantitative estimate of drug-likeness (QED) is 0.824. The largest absolute Gasteiger partial charge is 0.497 e. The minimum absolute atomic E-state index is 0.391. The average Bonchev–Trinajstić information content (AvgIpc) is 2.95. The highest BCUT2D eigenvalue weighted by Crippen LogP contribution is 2.28. The van der Waals surface area contributed by atoms with E-state index in [0.717, 1.165) is 25.1 Å². The van der Waals surface area contributed by atoms with E-state index in [4.69, 9.17) is 4.74 Å². The minimum Gasteiger partial charge on any atom is -0.497 e. The molecule has 0 aliphatic rings. The fraction of sp³-hybridized carbons (Fsp3) is 0.412. The van der Waals surface area contributed by atoms with Gasteiger partial charge in [0.05, 0.1) is 7.11 Å². The zero-order chi connectivity index (χ0) is 14.4. The van der Waals surface area contributed by atoms with Crippen molar-refractivity contribution in [2.75, 3.05) is 13.7 Å². The highest BCUT2D eigenvalue weighted by molar-refractivity contribution is 7.10. The molecule has 3 heteroatoms. The summed E-state index contributed by atoms with van der Waals surface area (Å²) in [5.74, 6) is 0.930. The van der Waals surface area contributed by atoms with Crippen LogP contribution in [0.2, 0.25) is 0 Å². The first-order valence-corrected chi connectivity index (χ1v) is 8.09. The predicted octanol–water partition coefficient (Wildman–Crippen LogP) is 4.21. The van der Waals surface area contributed by atoms with E-state index in [1.54, 1.807) is 7.11 Å². The molecule has 0 radical (unpaired) electrons. The molecule has 1 N–H and O–H groups in total. The number of methoxy groups -OCH3 is 1. The molecule has 1 aromatic carbocycles. The topological polar surface area (TPSA) is 21.3 Å². The van der Waals surface area contributed by atoms with Crippen molar-refractivity contribution in [1.82, 2.24) is 5.32 Å². The molecule has 1 aromatic heterocycles. The maximum absolute atomic E-state index is 5.31. The van der Waals surface area contributed by atoms with E-state index in [1.807, 2.05) is 17.4 Å². The molecule has 1 unspecified atom stereocenters. The first kappa shape index (κ1) is 15.1. The number of benzene rings is 1. The summed E-state index contributed by atoms with van der Waals surface area (Å²) in [6.45, 7) is 5.37. The second-order valence-corrected chi connectivity index (χ2v) is 5.78. The van der Waals surface area contributed by atoms with Crippen LogP contribution in [-0.4, -0.2) is 13.7 Å². The fourth-order valence-corrected chi connectivity index (χ4v) is 3.56. The van der Waals surface area contributed by atoms with Crippen molar-refractivity contribution in [2.24, 2.45) is 0 Å². The minimum atomic E-state index is 0.391. The van der Waals surface area contributed by atoms with Gasteiger partial charge in [0.1, 0.15) is 5.75 Å². The van der Waals surface area contributed by atoms with Crippen LogP contribution >= 0.6 is 11.3 Å². The second-order valence-electron chi connectivity index (χ2n) is 4.83. The van der Waals surface area contributed by atoms with Gasteiger partial charge in [-0.05, 0) is 54.1 Å². The third kappa shape index (κ3) is 3.62. The van der Waals surface area contributed by atoms with Gasteiger partial charge in [-0.15, -0.1) is 11.3 Å². The lowest BCUT2D eigenvalue weighted by Crippen LogP contribution is -2.23. The summed E-state index contributed by atoms with van der Waals surface area (Å²) in [6.07, 6.45) is 2.09. The Morgan fingerprint density at radius 2 is 2.10 bits per heavy atom. The van der Waals surface area contributed by atoms with Gasteiger partial charge < -0.3 is 10.1 Å². The van der Waals surface area contributed by atoms with E-state index in [-0.39, 0.29) is 0 Å². The van der Waals surface area contributed by atoms with E-state index in [2.05, 4.69) is 48.8 Å². The van der Waals surface area contributed by atoms with Crippen LogP contribution in [0.25, 0.3) is 0 Å². The van der Waals surface area contributed by atoms with E-state index >= 15 is 0 Å². The van der Waals surface area contributed by atoms with Crippen LogP contribution in [0, 0.1) is 0 Å². The second kappa shape index (κ2) is 7.46. The number of likely N-dealkylation sites (N-methyl/N-ethyl adjacent to an activating group) is 1. The van der Waals surface area contributed by atoms with Gasteiger partial charge in [0.25, 0.3) is 0 Å². The third-order valence-electron chi connectivity index (χ3n) is 3.50. The maximum Gasteiger partial charge on any atom is 0.119 e. The fourth-order valence-electron chi connectivity index (χ4n) is 2.48. The number of thiophene rings is 1. The Bertz CT molecular complexity index is 535. The molecule has 0 fully saturated rings. The standard InChI is InChI=1S/C17H23NOS/c1-4-14-9-10-20-17(14)16(18-5-2)12-13-7-6-8-15(11-13)19-3/h6-11,16,18H,4-5,12H2,1-3H3. The van der Waals surface area contributed by atoms with Gasteiger partial charge in [-0.2, -0.15) is 0 Å². The van der Waals surface area contributed by atoms with Crippen molar-refractivity contribution in [3.05, 3.63) is 51.7 Å². The van der Waals surface area contributed by atoms with Gasteiger partial charge in [-0.1, -0.05) is 26.0 Å². The Morgan fingerprint density at radius 1 is 1.25 bits per heavy atom. The predicted molar refractivity (Wildman–Crippen MR) is 86.8 cm³/mol. The summed E-state index contributed by atoms with van der Waals surface area (Å²) in [6, 6.07) is 11.0. The first-order valence-electron chi connectivity index (χ1n) is 7.21. The Labute approximate surface area is 125 Å². The van der Waals surface area contributed by atoms with Gasteiger partial charge in [0.2, 0.25) is 0 Å². The molecule has 2 nitrogen and oxygen atoms in total. The van der Waals surface area contributed by atoms with Gasteiger partial charge in [0.15, 0.2) is 0 Å². The van der Waals surface area contributed by atoms with Crippen LogP contribution in [0.5, 0.6) is 5.75 Å². The summed E-state index contributed by atoms with van der Waals surface area (Å²) in [4.78, 5) is 1.47. The summed E-state index contributed by atoms with van der Waals surface area (Å²) < 4.78 is 5.31. The summed E-state index contributed by atoms with van der Waals surface area (Å²) in [5.41, 5.74) is 2.77. The SMILES string of the molecule is CCNC(Cc1cccc(OC)c1)c1sccc1CC. The molecule has 20 heavy (non-hydrogen) atoms. The molecule has 0 spiro atoms. The summed E-state index contributed by atoms with van der Waals surface area (Å²) >= 11 is 1.86. The van der Waals surface area contributed by atoms with Crippen LogP contribution in [-0.2, 0) is 12.8 Å². The van der Waals surface area contributed by atoms with E-state index < -0.39 is 0 Å². The number of ether oxygens (including phenoxy) is 1. The van der Waals surface area contributed by atoms with Crippen molar-refractivity contribution in [1.29, 1.82) is 0 Å². The van der Waals surface area contributed by atoms with Crippen LogP contribution in [0.15, 0.2) is 35.7 Å². The molecule has 2 rings (SSSR count). The zero-order valence-electron chi connectivity index (χ0n) is 12.5. The molecule has 1 atom stereocenters. The van der Waals surface area contributed by atoms with Gasteiger partial charge in [-0.25, -0.2) is 0 Å².